The van der Waals surface area contributed by atoms with Gasteiger partial charge in [-0.3, -0.25) is 9.63 Å². The highest BCUT2D eigenvalue weighted by molar-refractivity contribution is 6.00. The van der Waals surface area contributed by atoms with Gasteiger partial charge in [-0.25, -0.2) is 24.1 Å². The van der Waals surface area contributed by atoms with Crippen molar-refractivity contribution in [3.63, 3.8) is 0 Å². The van der Waals surface area contributed by atoms with Gasteiger partial charge in [0.05, 0.1) is 30.2 Å². The molecule has 0 saturated carbocycles. The molecule has 0 aromatic heterocycles. The molecule has 0 atom stereocenters. The van der Waals surface area contributed by atoms with Crippen molar-refractivity contribution < 1.29 is 37.5 Å². The maximum absolute atomic E-state index is 14.3. The fourth-order valence-electron chi connectivity index (χ4n) is 2.52. The van der Waals surface area contributed by atoms with E-state index in [0.717, 1.165) is 31.3 Å². The minimum atomic E-state index is -1.32. The number of rotatable bonds is 12. The van der Waals surface area contributed by atoms with Crippen molar-refractivity contribution in [2.45, 2.75) is 40.0 Å². The van der Waals surface area contributed by atoms with Crippen LogP contribution in [-0.2, 0) is 14.4 Å². The molecule has 0 saturated heterocycles. The molecule has 0 aliphatic carbocycles. The number of hydrogen-bond donors (Lipinski definition) is 4. The van der Waals surface area contributed by atoms with Gasteiger partial charge in [0.2, 0.25) is 0 Å². The molecule has 0 aliphatic heterocycles. The van der Waals surface area contributed by atoms with Crippen LogP contribution in [0.15, 0.2) is 30.3 Å². The predicted octanol–water partition coefficient (Wildman–Crippen LogP) is 4.82. The standard InChI is InChI=1S/C21H23F3N2O4.C2H6.CH5NO/c1-14-5-8-18(17(23)13-14)25-20-15(6-7-16(22)19(20)24)21(28)26-30-12-11-29-10-4-2-3-9-27;1-2;1-2-3/h5-9,13,25H,2-4,10-12H2,1H3,(H,26,28);1-2H3;2-3H,1H3. The molecule has 196 valence electrons. The largest absolute Gasteiger partial charge is 0.379 e. The number of carbonyl (C=O) groups is 2. The summed E-state index contributed by atoms with van der Waals surface area (Å²) in [6.07, 6.45) is 2.78. The molecule has 2 aromatic carbocycles. The number of unbranched alkanes of at least 4 members (excludes halogenated alkanes) is 2. The molecular weight excluding hydrogens is 467 g/mol. The Morgan fingerprint density at radius 2 is 1.71 bits per heavy atom. The second-order valence-electron chi connectivity index (χ2n) is 6.67. The highest BCUT2D eigenvalue weighted by Gasteiger charge is 2.20. The Morgan fingerprint density at radius 1 is 1.03 bits per heavy atom. The number of aryl methyl sites for hydroxylation is 1. The number of aldehydes is 1. The molecule has 35 heavy (non-hydrogen) atoms. The molecule has 0 unspecified atom stereocenters. The maximum Gasteiger partial charge on any atom is 0.277 e. The topological polar surface area (TPSA) is 109 Å². The van der Waals surface area contributed by atoms with Gasteiger partial charge in [0.15, 0.2) is 11.6 Å². The van der Waals surface area contributed by atoms with E-state index < -0.39 is 29.0 Å². The summed E-state index contributed by atoms with van der Waals surface area (Å²) in [6, 6.07) is 6.03. The summed E-state index contributed by atoms with van der Waals surface area (Å²) in [5.74, 6) is -4.02. The number of hydrogen-bond acceptors (Lipinski definition) is 7. The summed E-state index contributed by atoms with van der Waals surface area (Å²) >= 11 is 0. The first-order chi connectivity index (χ1) is 16.8. The second kappa shape index (κ2) is 19.3. The van der Waals surface area contributed by atoms with E-state index in [2.05, 4.69) is 10.8 Å². The van der Waals surface area contributed by atoms with Gasteiger partial charge >= 0.3 is 0 Å². The lowest BCUT2D eigenvalue weighted by molar-refractivity contribution is -0.108. The van der Waals surface area contributed by atoms with E-state index in [0.29, 0.717) is 18.6 Å². The third kappa shape index (κ3) is 12.3. The van der Waals surface area contributed by atoms with Crippen LogP contribution in [0.25, 0.3) is 0 Å². The van der Waals surface area contributed by atoms with Gasteiger partial charge in [0, 0.05) is 20.1 Å². The molecule has 0 radical (unpaired) electrons. The predicted molar refractivity (Wildman–Crippen MR) is 127 cm³/mol. The highest BCUT2D eigenvalue weighted by atomic mass is 19.2. The molecule has 0 fully saturated rings. The summed E-state index contributed by atoms with van der Waals surface area (Å²) < 4.78 is 47.4. The quantitative estimate of drug-likeness (QED) is 0.188. The van der Waals surface area contributed by atoms with Gasteiger partial charge in [0.1, 0.15) is 12.1 Å². The summed E-state index contributed by atoms with van der Waals surface area (Å²) in [4.78, 5) is 27.5. The van der Waals surface area contributed by atoms with Crippen LogP contribution in [0.1, 0.15) is 49.0 Å². The van der Waals surface area contributed by atoms with E-state index in [-0.39, 0.29) is 24.5 Å². The minimum absolute atomic E-state index is 0.0262. The van der Waals surface area contributed by atoms with Gasteiger partial charge in [-0.05, 0) is 49.6 Å². The van der Waals surface area contributed by atoms with E-state index >= 15 is 0 Å². The molecule has 0 bridgehead atoms. The smallest absolute Gasteiger partial charge is 0.277 e. The molecule has 2 rings (SSSR count). The molecule has 0 heterocycles. The Morgan fingerprint density at radius 3 is 2.34 bits per heavy atom. The second-order valence-corrected chi connectivity index (χ2v) is 6.67. The van der Waals surface area contributed by atoms with Crippen molar-refractivity contribution >= 4 is 23.6 Å². The number of halogens is 3. The van der Waals surface area contributed by atoms with Gasteiger partial charge in [-0.15, -0.1) is 0 Å². The van der Waals surface area contributed by atoms with Crippen LogP contribution >= 0.6 is 0 Å². The summed E-state index contributed by atoms with van der Waals surface area (Å²) in [5.41, 5.74) is 3.64. The third-order valence-electron chi connectivity index (χ3n) is 4.08. The van der Waals surface area contributed by atoms with Crippen molar-refractivity contribution in [3.05, 3.63) is 58.9 Å². The van der Waals surface area contributed by atoms with Crippen LogP contribution in [0.5, 0.6) is 0 Å². The van der Waals surface area contributed by atoms with Crippen LogP contribution in [0, 0.1) is 24.4 Å². The zero-order valence-corrected chi connectivity index (χ0v) is 20.4. The van der Waals surface area contributed by atoms with E-state index in [4.69, 9.17) is 14.8 Å². The number of ether oxygens (including phenoxy) is 1. The van der Waals surface area contributed by atoms with Gasteiger partial charge in [0.25, 0.3) is 5.91 Å². The third-order valence-corrected chi connectivity index (χ3v) is 4.08. The fraction of sp³-hybridized carbons (Fsp3) is 0.417. The molecule has 4 N–H and O–H groups in total. The van der Waals surface area contributed by atoms with Crippen molar-refractivity contribution in [3.8, 4) is 0 Å². The van der Waals surface area contributed by atoms with E-state index in [1.165, 1.54) is 19.2 Å². The molecule has 0 aliphatic rings. The number of benzene rings is 2. The lowest BCUT2D eigenvalue weighted by Gasteiger charge is -2.14. The Hall–Kier alpha value is -2.99. The lowest BCUT2D eigenvalue weighted by atomic mass is 10.1. The Kier molecular flexibility index (Phi) is 17.7. The lowest BCUT2D eigenvalue weighted by Crippen LogP contribution is -2.26. The maximum atomic E-state index is 14.3. The van der Waals surface area contributed by atoms with Crippen LogP contribution in [0.2, 0.25) is 0 Å². The van der Waals surface area contributed by atoms with Gasteiger partial charge < -0.3 is 20.1 Å². The van der Waals surface area contributed by atoms with Gasteiger partial charge in [-0.1, -0.05) is 19.9 Å². The normalized spacial score (nSPS) is 9.83. The van der Waals surface area contributed by atoms with Gasteiger partial charge in [-0.2, -0.15) is 0 Å². The van der Waals surface area contributed by atoms with Crippen LogP contribution in [0.4, 0.5) is 24.5 Å². The van der Waals surface area contributed by atoms with E-state index in [1.54, 1.807) is 18.5 Å². The number of hydroxylamine groups is 2. The molecule has 11 heteroatoms. The van der Waals surface area contributed by atoms with Crippen molar-refractivity contribution in [2.75, 3.05) is 32.2 Å². The van der Waals surface area contributed by atoms with Crippen LogP contribution in [-0.4, -0.2) is 44.3 Å². The summed E-state index contributed by atoms with van der Waals surface area (Å²) in [5, 5.41) is 9.76. The monoisotopic (exact) mass is 501 g/mol. The van der Waals surface area contributed by atoms with Crippen molar-refractivity contribution in [1.82, 2.24) is 11.0 Å². The van der Waals surface area contributed by atoms with Crippen molar-refractivity contribution in [2.24, 2.45) is 0 Å². The molecule has 1 amide bonds. The first-order valence-electron chi connectivity index (χ1n) is 11.1. The zero-order chi connectivity index (χ0) is 26.6. The zero-order valence-electron chi connectivity index (χ0n) is 20.4. The number of anilines is 2. The van der Waals surface area contributed by atoms with Crippen LogP contribution in [0.3, 0.4) is 0 Å². The summed E-state index contributed by atoms with van der Waals surface area (Å²) in [7, 11) is 1.43. The molecule has 2 aromatic rings. The average molecular weight is 502 g/mol. The average Bonchev–Trinajstić information content (AvgIpc) is 2.84. The Balaban J connectivity index is 0.00000214. The number of carbonyl (C=O) groups excluding carboxylic acids is 2. The highest BCUT2D eigenvalue weighted by Crippen LogP contribution is 2.28. The SMILES string of the molecule is CC.CNO.Cc1ccc(Nc2c(C(=O)NOCCOCCCCC=O)ccc(F)c2F)c(F)c1. The summed E-state index contributed by atoms with van der Waals surface area (Å²) in [6.45, 7) is 6.35. The molecule has 0 spiro atoms. The first-order valence-corrected chi connectivity index (χ1v) is 11.1. The molecular formula is C24H34F3N3O5. The minimum Gasteiger partial charge on any atom is -0.379 e. The Bertz CT molecular complexity index is 901. The number of nitrogens with one attached hydrogen (secondary N) is 3. The first kappa shape index (κ1) is 32.0. The van der Waals surface area contributed by atoms with E-state index in [1.807, 2.05) is 13.8 Å². The fourth-order valence-corrected chi connectivity index (χ4v) is 2.52. The number of amides is 1. The van der Waals surface area contributed by atoms with Crippen LogP contribution < -0.4 is 16.3 Å². The van der Waals surface area contributed by atoms with Crippen molar-refractivity contribution in [1.29, 1.82) is 0 Å². The molecule has 8 nitrogen and oxygen atoms in total. The van der Waals surface area contributed by atoms with E-state index in [9.17, 15) is 22.8 Å². The Labute approximate surface area is 203 Å².